The lowest BCUT2D eigenvalue weighted by Gasteiger charge is -2.35. The molecule has 2 heteroatoms. The standard InChI is InChI=1S/C13H20N2/c1-3-15-7-5-4-6-13(15)12-8-11(2)9-14-10-12/h8-10,13H,3-7H2,1-2H3/t13-/m0/s1. The van der Waals surface area contributed by atoms with Crippen LogP contribution in [-0.2, 0) is 0 Å². The van der Waals surface area contributed by atoms with Crippen LogP contribution < -0.4 is 0 Å². The minimum atomic E-state index is 0.608. The molecule has 2 nitrogen and oxygen atoms in total. The van der Waals surface area contributed by atoms with Gasteiger partial charge in [0.05, 0.1) is 0 Å². The Kier molecular flexibility index (Phi) is 3.37. The van der Waals surface area contributed by atoms with Crippen LogP contribution in [0.2, 0.25) is 0 Å². The molecule has 82 valence electrons. The Bertz CT molecular complexity index is 322. The first-order valence-corrected chi connectivity index (χ1v) is 5.97. The third kappa shape index (κ3) is 2.37. The first-order chi connectivity index (χ1) is 7.31. The van der Waals surface area contributed by atoms with Gasteiger partial charge in [-0.25, -0.2) is 0 Å². The zero-order valence-electron chi connectivity index (χ0n) is 9.74. The minimum Gasteiger partial charge on any atom is -0.297 e. The topological polar surface area (TPSA) is 16.1 Å². The summed E-state index contributed by atoms with van der Waals surface area (Å²) < 4.78 is 0. The van der Waals surface area contributed by atoms with Gasteiger partial charge in [0.25, 0.3) is 0 Å². The van der Waals surface area contributed by atoms with Gasteiger partial charge in [-0.15, -0.1) is 0 Å². The summed E-state index contributed by atoms with van der Waals surface area (Å²) in [6, 6.07) is 2.89. The van der Waals surface area contributed by atoms with Crippen molar-refractivity contribution in [2.75, 3.05) is 13.1 Å². The number of hydrogen-bond donors (Lipinski definition) is 0. The second-order valence-corrected chi connectivity index (χ2v) is 4.44. The van der Waals surface area contributed by atoms with Gasteiger partial charge in [-0.1, -0.05) is 19.4 Å². The fourth-order valence-electron chi connectivity index (χ4n) is 2.51. The van der Waals surface area contributed by atoms with E-state index in [1.54, 1.807) is 0 Å². The largest absolute Gasteiger partial charge is 0.297 e. The maximum atomic E-state index is 4.30. The molecule has 0 saturated carbocycles. The number of aromatic nitrogens is 1. The van der Waals surface area contributed by atoms with Crippen LogP contribution in [-0.4, -0.2) is 23.0 Å². The second kappa shape index (κ2) is 4.75. The number of nitrogens with zero attached hydrogens (tertiary/aromatic N) is 2. The Morgan fingerprint density at radius 3 is 3.00 bits per heavy atom. The zero-order chi connectivity index (χ0) is 10.7. The van der Waals surface area contributed by atoms with Crippen molar-refractivity contribution in [1.29, 1.82) is 0 Å². The summed E-state index contributed by atoms with van der Waals surface area (Å²) in [5.41, 5.74) is 2.67. The molecule has 0 aromatic carbocycles. The summed E-state index contributed by atoms with van der Waals surface area (Å²) in [6.07, 6.45) is 7.96. The monoisotopic (exact) mass is 204 g/mol. The van der Waals surface area contributed by atoms with E-state index in [2.05, 4.69) is 29.8 Å². The van der Waals surface area contributed by atoms with Crippen LogP contribution in [0.5, 0.6) is 0 Å². The SMILES string of the molecule is CCN1CCCC[C@H]1c1cncc(C)c1. The van der Waals surface area contributed by atoms with Crippen molar-refractivity contribution in [1.82, 2.24) is 9.88 Å². The van der Waals surface area contributed by atoms with Crippen LogP contribution in [0.15, 0.2) is 18.5 Å². The van der Waals surface area contributed by atoms with Gasteiger partial charge in [-0.2, -0.15) is 0 Å². The second-order valence-electron chi connectivity index (χ2n) is 4.44. The highest BCUT2D eigenvalue weighted by molar-refractivity contribution is 5.20. The molecule has 2 rings (SSSR count). The van der Waals surface area contributed by atoms with E-state index in [-0.39, 0.29) is 0 Å². The van der Waals surface area contributed by atoms with Gasteiger partial charge in [0, 0.05) is 18.4 Å². The Labute approximate surface area is 92.3 Å². The smallest absolute Gasteiger partial charge is 0.0363 e. The van der Waals surface area contributed by atoms with Crippen LogP contribution in [0.1, 0.15) is 43.4 Å². The van der Waals surface area contributed by atoms with E-state index >= 15 is 0 Å². The molecular formula is C13H20N2. The van der Waals surface area contributed by atoms with Crippen molar-refractivity contribution in [2.24, 2.45) is 0 Å². The van der Waals surface area contributed by atoms with Crippen molar-refractivity contribution in [3.63, 3.8) is 0 Å². The van der Waals surface area contributed by atoms with Gasteiger partial charge in [0.1, 0.15) is 0 Å². The first-order valence-electron chi connectivity index (χ1n) is 5.97. The van der Waals surface area contributed by atoms with Gasteiger partial charge >= 0.3 is 0 Å². The van der Waals surface area contributed by atoms with Crippen LogP contribution in [0, 0.1) is 6.92 Å². The molecule has 15 heavy (non-hydrogen) atoms. The van der Waals surface area contributed by atoms with E-state index in [1.807, 2.05) is 12.4 Å². The number of pyridine rings is 1. The lowest BCUT2D eigenvalue weighted by atomic mass is 9.96. The Balaban J connectivity index is 2.20. The van der Waals surface area contributed by atoms with Crippen molar-refractivity contribution < 1.29 is 0 Å². The highest BCUT2D eigenvalue weighted by atomic mass is 15.2. The summed E-state index contributed by atoms with van der Waals surface area (Å²) in [7, 11) is 0. The molecule has 1 fully saturated rings. The molecule has 1 aromatic heterocycles. The Hall–Kier alpha value is -0.890. The summed E-state index contributed by atoms with van der Waals surface area (Å²) >= 11 is 0. The zero-order valence-corrected chi connectivity index (χ0v) is 9.74. The van der Waals surface area contributed by atoms with Crippen molar-refractivity contribution in [3.8, 4) is 0 Å². The van der Waals surface area contributed by atoms with Crippen LogP contribution in [0.4, 0.5) is 0 Å². The van der Waals surface area contributed by atoms with Crippen molar-refractivity contribution in [2.45, 2.75) is 39.2 Å². The number of likely N-dealkylation sites (tertiary alicyclic amines) is 1. The molecule has 0 amide bonds. The van der Waals surface area contributed by atoms with E-state index in [4.69, 9.17) is 0 Å². The van der Waals surface area contributed by atoms with Gasteiger partial charge < -0.3 is 0 Å². The molecular weight excluding hydrogens is 184 g/mol. The average Bonchev–Trinajstić information content (AvgIpc) is 2.29. The molecule has 1 aromatic rings. The number of hydrogen-bond acceptors (Lipinski definition) is 2. The molecule has 0 unspecified atom stereocenters. The number of aryl methyl sites for hydroxylation is 1. The van der Waals surface area contributed by atoms with E-state index in [1.165, 1.54) is 36.9 Å². The molecule has 1 atom stereocenters. The third-order valence-corrected chi connectivity index (χ3v) is 3.30. The molecule has 0 spiro atoms. The van der Waals surface area contributed by atoms with E-state index < -0.39 is 0 Å². The molecule has 0 bridgehead atoms. The lowest BCUT2D eigenvalue weighted by Crippen LogP contribution is -2.33. The molecule has 1 aliphatic rings. The van der Waals surface area contributed by atoms with Crippen LogP contribution >= 0.6 is 0 Å². The van der Waals surface area contributed by atoms with Crippen molar-refractivity contribution in [3.05, 3.63) is 29.6 Å². The molecule has 2 heterocycles. The summed E-state index contributed by atoms with van der Waals surface area (Å²) in [6.45, 7) is 6.77. The van der Waals surface area contributed by atoms with Gasteiger partial charge in [-0.3, -0.25) is 9.88 Å². The lowest BCUT2D eigenvalue weighted by molar-refractivity contribution is 0.157. The van der Waals surface area contributed by atoms with Crippen molar-refractivity contribution >= 4 is 0 Å². The summed E-state index contributed by atoms with van der Waals surface area (Å²) in [4.78, 5) is 6.87. The van der Waals surface area contributed by atoms with Gasteiger partial charge in [0.15, 0.2) is 0 Å². The third-order valence-electron chi connectivity index (χ3n) is 3.30. The van der Waals surface area contributed by atoms with Crippen LogP contribution in [0.3, 0.4) is 0 Å². The Morgan fingerprint density at radius 2 is 2.27 bits per heavy atom. The summed E-state index contributed by atoms with van der Waals surface area (Å²) in [5.74, 6) is 0. The van der Waals surface area contributed by atoms with Gasteiger partial charge in [0.2, 0.25) is 0 Å². The first kappa shape index (κ1) is 10.6. The maximum Gasteiger partial charge on any atom is 0.0363 e. The highest BCUT2D eigenvalue weighted by Gasteiger charge is 2.22. The molecule has 0 N–H and O–H groups in total. The fraction of sp³-hybridized carbons (Fsp3) is 0.615. The van der Waals surface area contributed by atoms with E-state index in [0.29, 0.717) is 6.04 Å². The quantitative estimate of drug-likeness (QED) is 0.736. The predicted molar refractivity (Wildman–Crippen MR) is 62.8 cm³/mol. The number of piperidine rings is 1. The fourth-order valence-corrected chi connectivity index (χ4v) is 2.51. The van der Waals surface area contributed by atoms with Crippen LogP contribution in [0.25, 0.3) is 0 Å². The minimum absolute atomic E-state index is 0.608. The van der Waals surface area contributed by atoms with Gasteiger partial charge in [-0.05, 0) is 44.0 Å². The number of rotatable bonds is 2. The highest BCUT2D eigenvalue weighted by Crippen LogP contribution is 2.30. The predicted octanol–water partition coefficient (Wildman–Crippen LogP) is 2.94. The molecule has 0 aliphatic carbocycles. The molecule has 0 radical (unpaired) electrons. The van der Waals surface area contributed by atoms with E-state index in [0.717, 1.165) is 6.54 Å². The average molecular weight is 204 g/mol. The van der Waals surface area contributed by atoms with E-state index in [9.17, 15) is 0 Å². The molecule has 1 aliphatic heterocycles. The molecule has 1 saturated heterocycles. The normalized spacial score (nSPS) is 22.9. The Morgan fingerprint density at radius 1 is 1.40 bits per heavy atom. The summed E-state index contributed by atoms with van der Waals surface area (Å²) in [5, 5.41) is 0. The maximum absolute atomic E-state index is 4.30.